The molecule has 3 heterocycles. The fourth-order valence-electron chi connectivity index (χ4n) is 4.95. The lowest BCUT2D eigenvalue weighted by Crippen LogP contribution is -2.49. The van der Waals surface area contributed by atoms with Gasteiger partial charge in [0.2, 0.25) is 11.8 Å². The molecule has 2 unspecified atom stereocenters. The Balaban J connectivity index is 1.51. The third kappa shape index (κ3) is 6.47. The number of aromatic nitrogens is 4. The SMILES string of the molecule is C=C(C)[C@@H]1CC[C@](C)(S[P+](=S)OC[C@H]2O[C@@H](n3cnc4c(N)ncnc43)[C@H](O)C2O[Si](C)(C)C(C)(C)C)[C@@H](O)C1. The summed E-state index contributed by atoms with van der Waals surface area (Å²) in [6.45, 7) is 19.1. The van der Waals surface area contributed by atoms with Crippen LogP contribution in [-0.4, -0.2) is 73.8 Å². The van der Waals surface area contributed by atoms with Crippen molar-refractivity contribution in [2.75, 3.05) is 12.3 Å². The number of hydrogen-bond acceptors (Lipinski definition) is 11. The van der Waals surface area contributed by atoms with E-state index < -0.39 is 45.1 Å². The molecule has 4 N–H and O–H groups in total. The number of fused-ring (bicyclic) bond motifs is 1. The lowest BCUT2D eigenvalue weighted by atomic mass is 9.77. The highest BCUT2D eigenvalue weighted by molar-refractivity contribution is 8.63. The molecule has 0 bridgehead atoms. The van der Waals surface area contributed by atoms with Crippen molar-refractivity contribution in [3.8, 4) is 0 Å². The van der Waals surface area contributed by atoms with Gasteiger partial charge in [0.25, 0.3) is 0 Å². The van der Waals surface area contributed by atoms with Crippen LogP contribution in [0.25, 0.3) is 11.2 Å². The Morgan fingerprint density at radius 3 is 2.67 bits per heavy atom. The molecule has 2 aromatic heterocycles. The van der Waals surface area contributed by atoms with E-state index in [1.54, 1.807) is 10.9 Å². The van der Waals surface area contributed by atoms with Gasteiger partial charge in [-0.3, -0.25) is 4.57 Å². The number of hydrogen-bond donors (Lipinski definition) is 3. The first-order valence-electron chi connectivity index (χ1n) is 13.6. The molecule has 1 saturated carbocycles. The largest absolute Gasteiger partial charge is 0.415 e. The molecule has 8 atom stereocenters. The van der Waals surface area contributed by atoms with Crippen LogP contribution in [0.2, 0.25) is 18.1 Å². The molecule has 10 nitrogen and oxygen atoms in total. The maximum absolute atomic E-state index is 11.5. The normalized spacial score (nSPS) is 32.0. The topological polar surface area (TPSA) is 138 Å². The average Bonchev–Trinajstić information content (AvgIpc) is 3.40. The summed E-state index contributed by atoms with van der Waals surface area (Å²) in [5.74, 6) is 0.589. The van der Waals surface area contributed by atoms with Gasteiger partial charge >= 0.3 is 6.13 Å². The van der Waals surface area contributed by atoms with Crippen molar-refractivity contribution in [3.05, 3.63) is 24.8 Å². The first kappa shape index (κ1) is 31.9. The van der Waals surface area contributed by atoms with Crippen molar-refractivity contribution in [1.82, 2.24) is 19.5 Å². The van der Waals surface area contributed by atoms with Gasteiger partial charge in [0, 0.05) is 0 Å². The maximum atomic E-state index is 11.5. The van der Waals surface area contributed by atoms with Crippen LogP contribution in [0.1, 0.15) is 60.1 Å². The second-order valence-electron chi connectivity index (χ2n) is 12.7. The van der Waals surface area contributed by atoms with Crippen LogP contribution in [0.15, 0.2) is 24.8 Å². The molecule has 2 fully saturated rings. The van der Waals surface area contributed by atoms with Gasteiger partial charge in [0.15, 0.2) is 26.0 Å². The van der Waals surface area contributed by atoms with Gasteiger partial charge in [-0.05, 0) is 57.2 Å². The smallest absolute Gasteiger partial charge is 0.408 e. The van der Waals surface area contributed by atoms with E-state index in [4.69, 9.17) is 31.2 Å². The molecule has 0 aromatic carbocycles. The highest BCUT2D eigenvalue weighted by Gasteiger charge is 2.52. The molecule has 0 amide bonds. The molecular weight excluding hydrogens is 586 g/mol. The van der Waals surface area contributed by atoms with Crippen LogP contribution in [0.3, 0.4) is 0 Å². The van der Waals surface area contributed by atoms with Crippen LogP contribution < -0.4 is 5.73 Å². The van der Waals surface area contributed by atoms with E-state index in [1.807, 2.05) is 6.92 Å². The van der Waals surface area contributed by atoms with Crippen molar-refractivity contribution >= 4 is 54.6 Å². The third-order valence-electron chi connectivity index (χ3n) is 8.73. The second-order valence-corrected chi connectivity index (χ2v) is 22.5. The number of nitrogens with zero attached hydrogens (tertiary/aromatic N) is 4. The monoisotopic (exact) mass is 628 g/mol. The average molecular weight is 629 g/mol. The quantitative estimate of drug-likeness (QED) is 0.195. The standard InChI is InChI=1S/C26H43N5O5PS2Si/c1-15(2)16-9-10-26(6,18(32)11-16)39-37(38)34-12-17-21(36-40(7,8)25(3,4)5)20(33)24(35-17)31-14-30-19-22(27)28-13-29-23(19)31/h13-14,16-18,20-21,24,32-33H,1,9-12H2,2-8H3,(H2,27,28,29)/q+1/t16-,17-,18+,20-,21?,24-,26+/m1/s1. The fourth-order valence-corrected chi connectivity index (χ4v) is 11.1. The van der Waals surface area contributed by atoms with Gasteiger partial charge < -0.3 is 25.1 Å². The van der Waals surface area contributed by atoms with E-state index in [0.717, 1.165) is 18.4 Å². The predicted molar refractivity (Wildman–Crippen MR) is 166 cm³/mol. The van der Waals surface area contributed by atoms with Crippen molar-refractivity contribution < 1.29 is 23.9 Å². The first-order chi connectivity index (χ1) is 18.5. The highest BCUT2D eigenvalue weighted by atomic mass is 32.9. The number of ether oxygens (including phenoxy) is 1. The molecule has 0 radical (unpaired) electrons. The number of imidazole rings is 1. The zero-order valence-corrected chi connectivity index (χ0v) is 27.9. The number of nitrogen functional groups attached to an aromatic ring is 1. The van der Waals surface area contributed by atoms with Crippen LogP contribution in [0, 0.1) is 5.92 Å². The third-order valence-corrected chi connectivity index (χ3v) is 17.6. The van der Waals surface area contributed by atoms with Crippen molar-refractivity contribution in [2.45, 2.75) is 107 Å². The van der Waals surface area contributed by atoms with Gasteiger partial charge in [0.05, 0.1) is 17.2 Å². The molecule has 2 aromatic rings. The van der Waals surface area contributed by atoms with Gasteiger partial charge in [-0.25, -0.2) is 15.0 Å². The molecule has 4 rings (SSSR count). The van der Waals surface area contributed by atoms with Gasteiger partial charge in [-0.1, -0.05) is 32.9 Å². The molecular formula is C26H43N5O5PS2Si+. The Morgan fingerprint density at radius 2 is 2.05 bits per heavy atom. The Bertz CT molecular complexity index is 1260. The summed E-state index contributed by atoms with van der Waals surface area (Å²) in [7, 11) is -2.29. The van der Waals surface area contributed by atoms with Gasteiger partial charge in [0.1, 0.15) is 48.1 Å². The Labute approximate surface area is 247 Å². The van der Waals surface area contributed by atoms with E-state index in [1.165, 1.54) is 17.7 Å². The van der Waals surface area contributed by atoms with Crippen LogP contribution in [-0.2, 0) is 25.5 Å². The molecule has 1 aliphatic heterocycles. The minimum Gasteiger partial charge on any atom is -0.408 e. The predicted octanol–water partition coefficient (Wildman–Crippen LogP) is 5.08. The number of anilines is 1. The van der Waals surface area contributed by atoms with Crippen LogP contribution >= 0.6 is 17.5 Å². The number of aliphatic hydroxyl groups is 2. The summed E-state index contributed by atoms with van der Waals surface area (Å²) in [6.07, 6.45) is 0.558. The maximum Gasteiger partial charge on any atom is 0.415 e. The zero-order chi connectivity index (χ0) is 29.6. The minimum atomic E-state index is -2.29. The summed E-state index contributed by atoms with van der Waals surface area (Å²) in [5.41, 5.74) is 8.01. The summed E-state index contributed by atoms with van der Waals surface area (Å²) < 4.78 is 20.6. The molecule has 0 spiro atoms. The zero-order valence-electron chi connectivity index (χ0n) is 24.4. The molecule has 222 valence electrons. The van der Waals surface area contributed by atoms with E-state index in [9.17, 15) is 10.2 Å². The van der Waals surface area contributed by atoms with Crippen LogP contribution in [0.4, 0.5) is 5.82 Å². The van der Waals surface area contributed by atoms with Crippen LogP contribution in [0.5, 0.6) is 0 Å². The number of aliphatic hydroxyl groups excluding tert-OH is 2. The minimum absolute atomic E-state index is 0.0760. The van der Waals surface area contributed by atoms with E-state index >= 15 is 0 Å². The van der Waals surface area contributed by atoms with E-state index in [2.05, 4.69) is 62.3 Å². The molecule has 1 saturated heterocycles. The molecule has 2 aliphatic rings. The summed E-state index contributed by atoms with van der Waals surface area (Å²) in [5, 5.41) is 22.4. The van der Waals surface area contributed by atoms with Gasteiger partial charge in [-0.15, -0.1) is 0 Å². The van der Waals surface area contributed by atoms with Gasteiger partial charge in [-0.2, -0.15) is 4.52 Å². The Morgan fingerprint density at radius 1 is 1.35 bits per heavy atom. The molecule has 1 aliphatic carbocycles. The Kier molecular flexibility index (Phi) is 9.51. The van der Waals surface area contributed by atoms with Crippen molar-refractivity contribution in [1.29, 1.82) is 0 Å². The lowest BCUT2D eigenvalue weighted by Gasteiger charge is -2.39. The lowest BCUT2D eigenvalue weighted by molar-refractivity contribution is -0.0455. The highest BCUT2D eigenvalue weighted by Crippen LogP contribution is 2.55. The Hall–Kier alpha value is -1.02. The number of nitrogens with two attached hydrogens (primary N) is 1. The number of rotatable bonds is 9. The summed E-state index contributed by atoms with van der Waals surface area (Å²) in [4.78, 5) is 12.7. The number of allylic oxidation sites excluding steroid dienone is 1. The molecule has 40 heavy (non-hydrogen) atoms. The van der Waals surface area contributed by atoms with E-state index in [-0.39, 0.29) is 22.2 Å². The second kappa shape index (κ2) is 11.9. The van der Waals surface area contributed by atoms with Crippen molar-refractivity contribution in [2.24, 2.45) is 5.92 Å². The first-order valence-corrected chi connectivity index (χ1v) is 20.2. The summed E-state index contributed by atoms with van der Waals surface area (Å²) in [6, 6.07) is 0. The fraction of sp³-hybridized carbons (Fsp3) is 0.731. The van der Waals surface area contributed by atoms with E-state index in [0.29, 0.717) is 23.5 Å². The van der Waals surface area contributed by atoms with Crippen molar-refractivity contribution in [3.63, 3.8) is 0 Å². The molecule has 14 heteroatoms. The summed E-state index contributed by atoms with van der Waals surface area (Å²) >= 11 is 7.29.